The van der Waals surface area contributed by atoms with Crippen LogP contribution in [0.1, 0.15) is 5.56 Å². The van der Waals surface area contributed by atoms with Crippen molar-refractivity contribution in [2.45, 2.75) is 6.61 Å². The van der Waals surface area contributed by atoms with Crippen LogP contribution >= 0.6 is 11.6 Å². The normalized spacial score (nSPS) is 10.8. The van der Waals surface area contributed by atoms with Gasteiger partial charge in [-0.2, -0.15) is 0 Å². The van der Waals surface area contributed by atoms with E-state index in [1.54, 1.807) is 24.3 Å². The summed E-state index contributed by atoms with van der Waals surface area (Å²) in [5.74, 6) is 1.00. The van der Waals surface area contributed by atoms with E-state index >= 15 is 0 Å². The Labute approximate surface area is 115 Å². The zero-order chi connectivity index (χ0) is 13.2. The number of hydrogen-bond acceptors (Lipinski definition) is 2. The van der Waals surface area contributed by atoms with Gasteiger partial charge >= 0.3 is 0 Å². The van der Waals surface area contributed by atoms with E-state index < -0.39 is 0 Å². The van der Waals surface area contributed by atoms with Gasteiger partial charge in [-0.25, -0.2) is 0 Å². The molecule has 1 aromatic heterocycles. The van der Waals surface area contributed by atoms with E-state index in [4.69, 9.17) is 16.3 Å². The minimum absolute atomic E-state index is 0.258. The molecule has 2 N–H and O–H groups in total. The molecule has 1 heterocycles. The van der Waals surface area contributed by atoms with Gasteiger partial charge in [0.25, 0.3) is 0 Å². The molecular weight excluding hydrogens is 262 g/mol. The largest absolute Gasteiger partial charge is 0.507 e. The third-order valence-electron chi connectivity index (χ3n) is 2.97. The van der Waals surface area contributed by atoms with Crippen LogP contribution in [0.15, 0.2) is 48.7 Å². The summed E-state index contributed by atoms with van der Waals surface area (Å²) in [6, 6.07) is 12.6. The number of H-pyrrole nitrogens is 1. The first-order valence-electron chi connectivity index (χ1n) is 5.90. The minimum Gasteiger partial charge on any atom is -0.507 e. The average molecular weight is 274 g/mol. The van der Waals surface area contributed by atoms with Crippen LogP contribution < -0.4 is 4.74 Å². The van der Waals surface area contributed by atoms with Crippen LogP contribution in [0.25, 0.3) is 10.9 Å². The number of hydrogen-bond donors (Lipinski definition) is 2. The Bertz CT molecular complexity index is 704. The highest BCUT2D eigenvalue weighted by Gasteiger charge is 2.08. The number of benzene rings is 2. The summed E-state index contributed by atoms with van der Waals surface area (Å²) in [5.41, 5.74) is 1.82. The van der Waals surface area contributed by atoms with Crippen molar-refractivity contribution < 1.29 is 9.84 Å². The van der Waals surface area contributed by atoms with Crippen LogP contribution in [0.5, 0.6) is 11.5 Å². The van der Waals surface area contributed by atoms with Crippen LogP contribution in [0, 0.1) is 0 Å². The molecule has 0 saturated heterocycles. The SMILES string of the molecule is Oc1cccc2[nH]cc(COc3ccc(Cl)cc3)c12. The fourth-order valence-electron chi connectivity index (χ4n) is 2.04. The molecule has 19 heavy (non-hydrogen) atoms. The fourth-order valence-corrected chi connectivity index (χ4v) is 2.17. The van der Waals surface area contributed by atoms with Crippen molar-refractivity contribution in [2.75, 3.05) is 0 Å². The second-order valence-electron chi connectivity index (χ2n) is 4.26. The molecule has 96 valence electrons. The van der Waals surface area contributed by atoms with Gasteiger partial charge < -0.3 is 14.8 Å². The molecule has 2 aromatic carbocycles. The van der Waals surface area contributed by atoms with Crippen LogP contribution in [0.4, 0.5) is 0 Å². The Morgan fingerprint density at radius 1 is 1.11 bits per heavy atom. The lowest BCUT2D eigenvalue weighted by atomic mass is 10.1. The third-order valence-corrected chi connectivity index (χ3v) is 3.23. The van der Waals surface area contributed by atoms with Gasteiger partial charge in [-0.1, -0.05) is 17.7 Å². The van der Waals surface area contributed by atoms with E-state index in [-0.39, 0.29) is 5.75 Å². The van der Waals surface area contributed by atoms with Gasteiger partial charge in [-0.05, 0) is 36.4 Å². The molecule has 0 atom stereocenters. The number of rotatable bonds is 3. The molecule has 3 aromatic rings. The average Bonchev–Trinajstić information content (AvgIpc) is 2.83. The molecule has 0 amide bonds. The van der Waals surface area contributed by atoms with E-state index in [0.717, 1.165) is 22.2 Å². The maximum absolute atomic E-state index is 9.88. The predicted octanol–water partition coefficient (Wildman–Crippen LogP) is 4.11. The summed E-state index contributed by atoms with van der Waals surface area (Å²) in [6.45, 7) is 0.388. The van der Waals surface area contributed by atoms with Crippen LogP contribution in [-0.4, -0.2) is 10.1 Å². The third kappa shape index (κ3) is 2.37. The molecule has 0 aliphatic rings. The molecule has 0 radical (unpaired) electrons. The Morgan fingerprint density at radius 3 is 2.68 bits per heavy atom. The maximum atomic E-state index is 9.88. The van der Waals surface area contributed by atoms with Crippen molar-refractivity contribution in [3.63, 3.8) is 0 Å². The van der Waals surface area contributed by atoms with Crippen molar-refractivity contribution in [2.24, 2.45) is 0 Å². The molecule has 0 fully saturated rings. The molecule has 0 unspecified atom stereocenters. The molecule has 3 rings (SSSR count). The Kier molecular flexibility index (Phi) is 3.05. The number of aromatic hydroxyl groups is 1. The van der Waals surface area contributed by atoms with Crippen molar-refractivity contribution in [3.05, 3.63) is 59.2 Å². The van der Waals surface area contributed by atoms with Gasteiger partial charge in [-0.3, -0.25) is 0 Å². The zero-order valence-corrected chi connectivity index (χ0v) is 10.8. The van der Waals surface area contributed by atoms with E-state index in [1.165, 1.54) is 0 Å². The molecular formula is C15H12ClNO2. The van der Waals surface area contributed by atoms with Gasteiger partial charge in [0.1, 0.15) is 18.1 Å². The summed E-state index contributed by atoms with van der Waals surface area (Å²) in [6.07, 6.45) is 1.85. The summed E-state index contributed by atoms with van der Waals surface area (Å²) < 4.78 is 5.68. The summed E-state index contributed by atoms with van der Waals surface area (Å²) in [4.78, 5) is 3.11. The fraction of sp³-hybridized carbons (Fsp3) is 0.0667. The van der Waals surface area contributed by atoms with Crippen molar-refractivity contribution >= 4 is 22.5 Å². The van der Waals surface area contributed by atoms with Gasteiger partial charge in [0.05, 0.1) is 0 Å². The molecule has 4 heteroatoms. The van der Waals surface area contributed by atoms with Gasteiger partial charge in [0, 0.05) is 27.7 Å². The smallest absolute Gasteiger partial charge is 0.125 e. The molecule has 0 aliphatic carbocycles. The Morgan fingerprint density at radius 2 is 1.89 bits per heavy atom. The lowest BCUT2D eigenvalue weighted by Gasteiger charge is -2.06. The maximum Gasteiger partial charge on any atom is 0.125 e. The summed E-state index contributed by atoms with van der Waals surface area (Å²) in [5, 5.41) is 11.4. The van der Waals surface area contributed by atoms with Crippen molar-refractivity contribution in [1.29, 1.82) is 0 Å². The lowest BCUT2D eigenvalue weighted by Crippen LogP contribution is -1.94. The first-order chi connectivity index (χ1) is 9.24. The topological polar surface area (TPSA) is 45.2 Å². The van der Waals surface area contributed by atoms with Crippen molar-refractivity contribution in [3.8, 4) is 11.5 Å². The van der Waals surface area contributed by atoms with E-state index in [9.17, 15) is 5.11 Å². The van der Waals surface area contributed by atoms with E-state index in [2.05, 4.69) is 4.98 Å². The van der Waals surface area contributed by atoms with Gasteiger partial charge in [0.15, 0.2) is 0 Å². The van der Waals surface area contributed by atoms with Crippen LogP contribution in [0.3, 0.4) is 0 Å². The molecule has 0 bridgehead atoms. The number of nitrogens with one attached hydrogen (secondary N) is 1. The number of aromatic amines is 1. The highest BCUT2D eigenvalue weighted by atomic mass is 35.5. The molecule has 0 aliphatic heterocycles. The Balaban J connectivity index is 1.84. The second-order valence-corrected chi connectivity index (χ2v) is 4.69. The van der Waals surface area contributed by atoms with Gasteiger partial charge in [0.2, 0.25) is 0 Å². The summed E-state index contributed by atoms with van der Waals surface area (Å²) in [7, 11) is 0. The number of ether oxygens (including phenoxy) is 1. The minimum atomic E-state index is 0.258. The standard InChI is InChI=1S/C15H12ClNO2/c16-11-4-6-12(7-5-11)19-9-10-8-17-13-2-1-3-14(18)15(10)13/h1-8,17-18H,9H2. The van der Waals surface area contributed by atoms with Crippen LogP contribution in [0.2, 0.25) is 5.02 Å². The highest BCUT2D eigenvalue weighted by molar-refractivity contribution is 6.30. The molecule has 0 spiro atoms. The highest BCUT2D eigenvalue weighted by Crippen LogP contribution is 2.28. The number of phenols is 1. The monoisotopic (exact) mass is 273 g/mol. The predicted molar refractivity (Wildman–Crippen MR) is 75.7 cm³/mol. The van der Waals surface area contributed by atoms with E-state index in [0.29, 0.717) is 11.6 Å². The van der Waals surface area contributed by atoms with E-state index in [1.807, 2.05) is 24.4 Å². The first-order valence-corrected chi connectivity index (χ1v) is 6.28. The second kappa shape index (κ2) is 4.86. The Hall–Kier alpha value is -2.13. The number of aromatic nitrogens is 1. The quantitative estimate of drug-likeness (QED) is 0.754. The summed E-state index contributed by atoms with van der Waals surface area (Å²) >= 11 is 5.82. The zero-order valence-electron chi connectivity index (χ0n) is 10.1. The van der Waals surface area contributed by atoms with Crippen LogP contribution in [-0.2, 0) is 6.61 Å². The number of fused-ring (bicyclic) bond motifs is 1. The lowest BCUT2D eigenvalue weighted by molar-refractivity contribution is 0.307. The van der Waals surface area contributed by atoms with Gasteiger partial charge in [-0.15, -0.1) is 0 Å². The van der Waals surface area contributed by atoms with Crippen molar-refractivity contribution in [1.82, 2.24) is 4.98 Å². The molecule has 3 nitrogen and oxygen atoms in total. The number of halogens is 1. The molecule has 0 saturated carbocycles. The first kappa shape index (κ1) is 11.9. The number of phenolic OH excluding ortho intramolecular Hbond substituents is 1.